The van der Waals surface area contributed by atoms with Gasteiger partial charge in [0.05, 0.1) is 6.04 Å². The first-order valence-electron chi connectivity index (χ1n) is 6.81. The maximum Gasteiger partial charge on any atom is 0.0594 e. The van der Waals surface area contributed by atoms with Gasteiger partial charge in [-0.05, 0) is 47.4 Å². The molecule has 0 saturated carbocycles. The summed E-state index contributed by atoms with van der Waals surface area (Å²) in [6.45, 7) is 2.19. The third-order valence-electron chi connectivity index (χ3n) is 3.56. The maximum absolute atomic E-state index is 5.78. The van der Waals surface area contributed by atoms with Crippen molar-refractivity contribution in [1.82, 2.24) is 5.43 Å². The van der Waals surface area contributed by atoms with Crippen LogP contribution in [0.5, 0.6) is 0 Å². The number of hydrogen-bond acceptors (Lipinski definition) is 4. The van der Waals surface area contributed by atoms with E-state index in [9.17, 15) is 0 Å². The lowest BCUT2D eigenvalue weighted by atomic mass is 10.0. The molecule has 0 spiro atoms. The molecule has 0 fully saturated rings. The molecule has 2 aromatic heterocycles. The lowest BCUT2D eigenvalue weighted by Gasteiger charge is -2.13. The predicted molar refractivity (Wildman–Crippen MR) is 89.3 cm³/mol. The quantitative estimate of drug-likeness (QED) is 0.545. The van der Waals surface area contributed by atoms with Crippen LogP contribution >= 0.6 is 22.7 Å². The van der Waals surface area contributed by atoms with Crippen LogP contribution in [-0.4, -0.2) is 0 Å². The summed E-state index contributed by atoms with van der Waals surface area (Å²) in [6.07, 6.45) is 2.02. The smallest absolute Gasteiger partial charge is 0.0594 e. The Balaban J connectivity index is 1.87. The zero-order valence-electron chi connectivity index (χ0n) is 11.4. The van der Waals surface area contributed by atoms with Crippen molar-refractivity contribution in [1.29, 1.82) is 0 Å². The average Bonchev–Trinajstić information content (AvgIpc) is 3.11. The highest BCUT2D eigenvalue weighted by Gasteiger charge is 2.15. The monoisotopic (exact) mass is 302 g/mol. The van der Waals surface area contributed by atoms with Crippen molar-refractivity contribution in [2.45, 2.75) is 25.8 Å². The van der Waals surface area contributed by atoms with Gasteiger partial charge in [-0.3, -0.25) is 11.3 Å². The van der Waals surface area contributed by atoms with E-state index < -0.39 is 0 Å². The number of aryl methyl sites for hydroxylation is 1. The highest BCUT2D eigenvalue weighted by molar-refractivity contribution is 7.17. The van der Waals surface area contributed by atoms with Gasteiger partial charge in [-0.1, -0.05) is 25.1 Å². The number of hydrogen-bond donors (Lipinski definition) is 2. The van der Waals surface area contributed by atoms with Crippen molar-refractivity contribution in [3.8, 4) is 0 Å². The van der Waals surface area contributed by atoms with E-state index in [0.29, 0.717) is 0 Å². The fourth-order valence-electron chi connectivity index (χ4n) is 2.42. The molecule has 2 heterocycles. The second-order valence-corrected chi connectivity index (χ2v) is 6.95. The van der Waals surface area contributed by atoms with E-state index in [4.69, 9.17) is 5.84 Å². The van der Waals surface area contributed by atoms with Gasteiger partial charge in [0.2, 0.25) is 0 Å². The first-order chi connectivity index (χ1) is 9.81. The third-order valence-corrected chi connectivity index (χ3v) is 5.92. The Bertz CT molecular complexity index is 699. The minimum atomic E-state index is 0.193. The summed E-state index contributed by atoms with van der Waals surface area (Å²) >= 11 is 3.66. The van der Waals surface area contributed by atoms with Crippen LogP contribution in [0.25, 0.3) is 10.1 Å². The number of rotatable bonds is 5. The van der Waals surface area contributed by atoms with Crippen LogP contribution in [0.4, 0.5) is 0 Å². The molecule has 1 unspecified atom stereocenters. The molecule has 0 aliphatic carbocycles. The fraction of sp³-hybridized carbons (Fsp3) is 0.250. The Kier molecular flexibility index (Phi) is 4.17. The Labute approximate surface area is 127 Å². The van der Waals surface area contributed by atoms with Crippen LogP contribution in [0.3, 0.4) is 0 Å². The molecule has 0 aliphatic heterocycles. The van der Waals surface area contributed by atoms with Gasteiger partial charge in [-0.25, -0.2) is 0 Å². The van der Waals surface area contributed by atoms with Crippen molar-refractivity contribution in [2.75, 3.05) is 0 Å². The summed E-state index contributed by atoms with van der Waals surface area (Å²) < 4.78 is 1.35. The summed E-state index contributed by atoms with van der Waals surface area (Å²) in [5, 5.41) is 3.61. The molecule has 4 heteroatoms. The van der Waals surface area contributed by atoms with Crippen molar-refractivity contribution in [3.05, 3.63) is 57.1 Å². The van der Waals surface area contributed by atoms with E-state index in [1.165, 1.54) is 25.4 Å². The summed E-state index contributed by atoms with van der Waals surface area (Å²) in [4.78, 5) is 2.73. The summed E-state index contributed by atoms with van der Waals surface area (Å²) in [5.41, 5.74) is 4.35. The molecule has 1 aromatic carbocycles. The predicted octanol–water partition coefficient (Wildman–Crippen LogP) is 4.27. The third kappa shape index (κ3) is 2.65. The van der Waals surface area contributed by atoms with E-state index in [1.807, 2.05) is 11.3 Å². The molecule has 3 rings (SSSR count). The van der Waals surface area contributed by atoms with Crippen molar-refractivity contribution in [3.63, 3.8) is 0 Å². The van der Waals surface area contributed by atoms with Crippen LogP contribution in [0.2, 0.25) is 0 Å². The minimum absolute atomic E-state index is 0.193. The van der Waals surface area contributed by atoms with E-state index in [0.717, 1.165) is 12.8 Å². The molecule has 1 atom stereocenters. The first-order valence-corrected chi connectivity index (χ1v) is 8.51. The van der Waals surface area contributed by atoms with Gasteiger partial charge < -0.3 is 0 Å². The van der Waals surface area contributed by atoms with Crippen LogP contribution in [0.1, 0.15) is 28.3 Å². The Morgan fingerprint density at radius 3 is 2.80 bits per heavy atom. The number of benzene rings is 1. The second kappa shape index (κ2) is 6.06. The molecule has 0 aliphatic rings. The van der Waals surface area contributed by atoms with Crippen molar-refractivity contribution in [2.24, 2.45) is 5.84 Å². The van der Waals surface area contributed by atoms with Crippen LogP contribution < -0.4 is 11.3 Å². The van der Waals surface area contributed by atoms with E-state index in [1.54, 1.807) is 11.3 Å². The Morgan fingerprint density at radius 1 is 1.20 bits per heavy atom. The fourth-order valence-corrected chi connectivity index (χ4v) is 4.41. The summed E-state index contributed by atoms with van der Waals surface area (Å²) in [6, 6.07) is 13.2. The highest BCUT2D eigenvalue weighted by Crippen LogP contribution is 2.31. The van der Waals surface area contributed by atoms with E-state index >= 15 is 0 Å². The molecule has 2 nitrogen and oxygen atoms in total. The van der Waals surface area contributed by atoms with Crippen molar-refractivity contribution >= 4 is 32.8 Å². The average molecular weight is 302 g/mol. The number of thiophene rings is 2. The number of nitrogens with two attached hydrogens (primary N) is 1. The summed E-state index contributed by atoms with van der Waals surface area (Å²) in [7, 11) is 0. The maximum atomic E-state index is 5.78. The lowest BCUT2D eigenvalue weighted by molar-refractivity contribution is 0.563. The minimum Gasteiger partial charge on any atom is -0.271 e. The van der Waals surface area contributed by atoms with Gasteiger partial charge in [0.25, 0.3) is 0 Å². The number of hydrazine groups is 1. The molecule has 0 bridgehead atoms. The van der Waals surface area contributed by atoms with Crippen LogP contribution in [-0.2, 0) is 12.8 Å². The second-order valence-electron chi connectivity index (χ2n) is 4.84. The zero-order valence-corrected chi connectivity index (χ0v) is 13.1. The molecular formula is C16H18N2S2. The van der Waals surface area contributed by atoms with Gasteiger partial charge in [0.15, 0.2) is 0 Å². The summed E-state index contributed by atoms with van der Waals surface area (Å²) in [5.74, 6) is 5.78. The Hall–Kier alpha value is -1.20. The zero-order chi connectivity index (χ0) is 13.9. The van der Waals surface area contributed by atoms with Gasteiger partial charge in [0.1, 0.15) is 0 Å². The normalized spacial score (nSPS) is 12.9. The Morgan fingerprint density at radius 2 is 2.05 bits per heavy atom. The van der Waals surface area contributed by atoms with Gasteiger partial charge in [-0.2, -0.15) is 0 Å². The molecular weight excluding hydrogens is 284 g/mol. The standard InChI is InChI=1S/C16H18N2S2/c1-2-12-7-8-16(20-12)14(18-17)9-11-10-19-15-6-4-3-5-13(11)15/h3-8,10,14,18H,2,9,17H2,1H3. The molecule has 20 heavy (non-hydrogen) atoms. The molecule has 104 valence electrons. The molecule has 3 N–H and O–H groups in total. The highest BCUT2D eigenvalue weighted by atomic mass is 32.1. The molecule has 0 saturated heterocycles. The van der Waals surface area contributed by atoms with E-state index in [2.05, 4.69) is 54.1 Å². The van der Waals surface area contributed by atoms with E-state index in [-0.39, 0.29) is 6.04 Å². The lowest BCUT2D eigenvalue weighted by Crippen LogP contribution is -2.28. The molecule has 0 radical (unpaired) electrons. The molecule has 3 aromatic rings. The van der Waals surface area contributed by atoms with Crippen LogP contribution in [0, 0.1) is 0 Å². The topological polar surface area (TPSA) is 38.0 Å². The number of nitrogens with one attached hydrogen (secondary N) is 1. The van der Waals surface area contributed by atoms with Crippen molar-refractivity contribution < 1.29 is 0 Å². The SMILES string of the molecule is CCc1ccc(C(Cc2csc3ccccc23)NN)s1. The largest absolute Gasteiger partial charge is 0.271 e. The molecule has 0 amide bonds. The van der Waals surface area contributed by atoms with Gasteiger partial charge in [0, 0.05) is 14.5 Å². The van der Waals surface area contributed by atoms with Gasteiger partial charge >= 0.3 is 0 Å². The first kappa shape index (κ1) is 13.8. The van der Waals surface area contributed by atoms with Gasteiger partial charge in [-0.15, -0.1) is 22.7 Å². The number of fused-ring (bicyclic) bond motifs is 1. The van der Waals surface area contributed by atoms with Crippen LogP contribution in [0.15, 0.2) is 41.8 Å².